The van der Waals surface area contributed by atoms with Gasteiger partial charge in [-0.1, -0.05) is 34.6 Å². The van der Waals surface area contributed by atoms with Crippen LogP contribution >= 0.6 is 0 Å². The van der Waals surface area contributed by atoms with E-state index in [2.05, 4.69) is 34.6 Å². The van der Waals surface area contributed by atoms with Crippen LogP contribution in [0.15, 0.2) is 0 Å². The van der Waals surface area contributed by atoms with Gasteiger partial charge in [-0.25, -0.2) is 0 Å². The quantitative estimate of drug-likeness (QED) is 0.507. The van der Waals surface area contributed by atoms with Crippen molar-refractivity contribution in [2.45, 2.75) is 92.3 Å². The molecular weight excluding hydrogens is 276 g/mol. The largest absolute Gasteiger partial charge is 0.381 e. The Morgan fingerprint density at radius 3 is 2.09 bits per heavy atom. The van der Waals surface area contributed by atoms with Gasteiger partial charge in [0, 0.05) is 19.6 Å². The first-order valence-electron chi connectivity index (χ1n) is 8.86. The molecule has 0 aliphatic rings. The van der Waals surface area contributed by atoms with Gasteiger partial charge in [-0.2, -0.15) is 0 Å². The third kappa shape index (κ3) is 5.66. The number of carbonyl (C=O) groups excluding carboxylic acids is 1. The molecule has 132 valence electrons. The van der Waals surface area contributed by atoms with Gasteiger partial charge in [0.05, 0.1) is 11.7 Å². The first kappa shape index (κ1) is 21.6. The van der Waals surface area contributed by atoms with Crippen molar-refractivity contribution in [3.8, 4) is 0 Å². The van der Waals surface area contributed by atoms with E-state index in [4.69, 9.17) is 9.47 Å². The lowest BCUT2D eigenvalue weighted by Gasteiger charge is -2.47. The smallest absolute Gasteiger partial charge is 0.132 e. The van der Waals surface area contributed by atoms with E-state index in [9.17, 15) is 4.79 Å². The molecule has 0 amide bonds. The second-order valence-electron chi connectivity index (χ2n) is 7.12. The van der Waals surface area contributed by atoms with Gasteiger partial charge in [0.25, 0.3) is 0 Å². The Morgan fingerprint density at radius 1 is 1.14 bits per heavy atom. The van der Waals surface area contributed by atoms with Crippen LogP contribution in [0.2, 0.25) is 0 Å². The number of hydrogen-bond donors (Lipinski definition) is 0. The van der Waals surface area contributed by atoms with Gasteiger partial charge in [-0.05, 0) is 51.4 Å². The van der Waals surface area contributed by atoms with Gasteiger partial charge < -0.3 is 9.47 Å². The zero-order valence-corrected chi connectivity index (χ0v) is 16.1. The van der Waals surface area contributed by atoms with Crippen molar-refractivity contribution < 1.29 is 14.3 Å². The minimum absolute atomic E-state index is 0.00161. The molecule has 4 unspecified atom stereocenters. The molecule has 0 fully saturated rings. The minimum atomic E-state index is -0.211. The van der Waals surface area contributed by atoms with Gasteiger partial charge in [0.1, 0.15) is 5.78 Å². The molecule has 0 N–H and O–H groups in total. The normalized spacial score (nSPS) is 20.0. The summed E-state index contributed by atoms with van der Waals surface area (Å²) in [5.74, 6) is 0.352. The summed E-state index contributed by atoms with van der Waals surface area (Å²) in [4.78, 5) is 11.7. The Labute approximate surface area is 138 Å². The van der Waals surface area contributed by atoms with Crippen LogP contribution in [0.1, 0.15) is 80.6 Å². The maximum Gasteiger partial charge on any atom is 0.132 e. The number of Topliss-reactive ketones (excluding diaryl/α,β-unsaturated/α-hetero) is 1. The van der Waals surface area contributed by atoms with Crippen molar-refractivity contribution in [1.29, 1.82) is 0 Å². The fourth-order valence-electron chi connectivity index (χ4n) is 3.16. The number of ketones is 1. The van der Waals surface area contributed by atoms with Crippen LogP contribution in [-0.2, 0) is 14.3 Å². The molecule has 4 atom stereocenters. The van der Waals surface area contributed by atoms with E-state index in [1.165, 1.54) is 0 Å². The van der Waals surface area contributed by atoms with E-state index in [-0.39, 0.29) is 28.8 Å². The average molecular weight is 315 g/mol. The summed E-state index contributed by atoms with van der Waals surface area (Å²) < 4.78 is 11.8. The van der Waals surface area contributed by atoms with Crippen molar-refractivity contribution >= 4 is 5.78 Å². The molecule has 0 aromatic carbocycles. The topological polar surface area (TPSA) is 35.5 Å². The van der Waals surface area contributed by atoms with Crippen LogP contribution < -0.4 is 0 Å². The van der Waals surface area contributed by atoms with Crippen LogP contribution in [0, 0.1) is 11.3 Å². The first-order valence-corrected chi connectivity index (χ1v) is 8.86. The van der Waals surface area contributed by atoms with Gasteiger partial charge in [0.2, 0.25) is 0 Å². The Bertz CT molecular complexity index is 325. The number of rotatable bonds is 12. The average Bonchev–Trinajstić information content (AvgIpc) is 2.50. The summed E-state index contributed by atoms with van der Waals surface area (Å²) in [6.07, 6.45) is 5.04. The number of hydrogen-bond acceptors (Lipinski definition) is 3. The Morgan fingerprint density at radius 2 is 1.73 bits per heavy atom. The zero-order chi connectivity index (χ0) is 17.4. The molecule has 0 bridgehead atoms. The molecular formula is C19H38O3. The highest BCUT2D eigenvalue weighted by Gasteiger charge is 2.44. The summed E-state index contributed by atoms with van der Waals surface area (Å²) in [5.41, 5.74) is -0.209. The predicted octanol–water partition coefficient (Wildman–Crippen LogP) is 5.02. The monoisotopic (exact) mass is 314 g/mol. The second-order valence-corrected chi connectivity index (χ2v) is 7.12. The summed E-state index contributed by atoms with van der Waals surface area (Å²) in [6.45, 7) is 15.4. The Balaban J connectivity index is 4.92. The predicted molar refractivity (Wildman–Crippen MR) is 93.2 cm³/mol. The summed E-state index contributed by atoms with van der Waals surface area (Å²) in [6, 6.07) is 0. The highest BCUT2D eigenvalue weighted by Crippen LogP contribution is 2.45. The second kappa shape index (κ2) is 9.67. The fraction of sp³-hybridized carbons (Fsp3) is 0.947. The van der Waals surface area contributed by atoms with Crippen LogP contribution in [0.25, 0.3) is 0 Å². The van der Waals surface area contributed by atoms with Crippen molar-refractivity contribution in [1.82, 2.24) is 0 Å². The van der Waals surface area contributed by atoms with Crippen LogP contribution in [0.4, 0.5) is 0 Å². The Kier molecular flexibility index (Phi) is 9.49. The van der Waals surface area contributed by atoms with Crippen molar-refractivity contribution in [3.05, 3.63) is 0 Å². The van der Waals surface area contributed by atoms with Gasteiger partial charge in [-0.15, -0.1) is 0 Å². The van der Waals surface area contributed by atoms with Crippen LogP contribution in [0.5, 0.6) is 0 Å². The fourth-order valence-corrected chi connectivity index (χ4v) is 3.16. The maximum absolute atomic E-state index is 11.7. The van der Waals surface area contributed by atoms with Gasteiger partial charge in [-0.3, -0.25) is 4.79 Å². The minimum Gasteiger partial charge on any atom is -0.381 e. The molecule has 3 nitrogen and oxygen atoms in total. The van der Waals surface area contributed by atoms with E-state index in [1.54, 1.807) is 14.0 Å². The molecule has 0 saturated heterocycles. The molecule has 0 aromatic heterocycles. The van der Waals surface area contributed by atoms with Crippen LogP contribution in [-0.4, -0.2) is 31.2 Å². The molecule has 22 heavy (non-hydrogen) atoms. The van der Waals surface area contributed by atoms with Gasteiger partial charge >= 0.3 is 0 Å². The summed E-state index contributed by atoms with van der Waals surface area (Å²) in [5, 5.41) is 0. The molecule has 0 spiro atoms. The molecule has 0 rings (SSSR count). The standard InChI is InChI=1S/C19H38O3/c1-9-17(21-8)12-13-22-19(7,11-3)18(6,10-2)14-15(4)16(5)20/h15,17H,9-14H2,1-8H3. The van der Waals surface area contributed by atoms with Crippen LogP contribution in [0.3, 0.4) is 0 Å². The molecule has 0 saturated carbocycles. The van der Waals surface area contributed by atoms with E-state index >= 15 is 0 Å². The molecule has 0 aliphatic carbocycles. The highest BCUT2D eigenvalue weighted by molar-refractivity contribution is 5.77. The van der Waals surface area contributed by atoms with E-state index in [0.717, 1.165) is 32.1 Å². The number of ether oxygens (including phenoxy) is 2. The van der Waals surface area contributed by atoms with Gasteiger partial charge in [0.15, 0.2) is 0 Å². The summed E-state index contributed by atoms with van der Waals surface area (Å²) in [7, 11) is 1.76. The number of carbonyl (C=O) groups is 1. The third-order valence-electron chi connectivity index (χ3n) is 5.83. The third-order valence-corrected chi connectivity index (χ3v) is 5.83. The van der Waals surface area contributed by atoms with E-state index in [0.29, 0.717) is 6.61 Å². The lowest BCUT2D eigenvalue weighted by molar-refractivity contribution is -0.141. The van der Waals surface area contributed by atoms with Crippen molar-refractivity contribution in [2.24, 2.45) is 11.3 Å². The summed E-state index contributed by atoms with van der Waals surface area (Å²) >= 11 is 0. The Hall–Kier alpha value is -0.410. The first-order chi connectivity index (χ1) is 10.2. The van der Waals surface area contributed by atoms with Crippen molar-refractivity contribution in [2.75, 3.05) is 13.7 Å². The maximum atomic E-state index is 11.7. The lowest BCUT2D eigenvalue weighted by Crippen LogP contribution is -2.47. The number of methoxy groups -OCH3 is 1. The highest BCUT2D eigenvalue weighted by atomic mass is 16.5. The molecule has 0 aliphatic heterocycles. The van der Waals surface area contributed by atoms with E-state index < -0.39 is 0 Å². The van der Waals surface area contributed by atoms with E-state index in [1.807, 2.05) is 6.92 Å². The molecule has 0 heterocycles. The zero-order valence-electron chi connectivity index (χ0n) is 16.1. The SMILES string of the molecule is CCC(CCOC(C)(CC)C(C)(CC)CC(C)C(C)=O)OC. The molecule has 0 radical (unpaired) electrons. The van der Waals surface area contributed by atoms with Crippen molar-refractivity contribution in [3.63, 3.8) is 0 Å². The lowest BCUT2D eigenvalue weighted by atomic mass is 9.66. The molecule has 0 aromatic rings. The molecule has 3 heteroatoms.